The lowest BCUT2D eigenvalue weighted by Gasteiger charge is -2.44. The van der Waals surface area contributed by atoms with Gasteiger partial charge in [0.1, 0.15) is 0 Å². The average molecular weight is 375 g/mol. The van der Waals surface area contributed by atoms with E-state index in [0.717, 1.165) is 25.8 Å². The lowest BCUT2D eigenvalue weighted by atomic mass is 9.78. The number of halogens is 1. The smallest absolute Gasteiger partial charge is 0.331 e. The highest BCUT2D eigenvalue weighted by molar-refractivity contribution is 5.89. The first-order valence-electron chi connectivity index (χ1n) is 9.56. The number of carbonyl (C=O) groups is 2. The van der Waals surface area contributed by atoms with Gasteiger partial charge in [-0.3, -0.25) is 4.79 Å². The van der Waals surface area contributed by atoms with Crippen LogP contribution in [0.1, 0.15) is 44.1 Å². The van der Waals surface area contributed by atoms with Crippen molar-refractivity contribution in [3.05, 3.63) is 35.7 Å². The van der Waals surface area contributed by atoms with E-state index in [-0.39, 0.29) is 18.3 Å². The van der Waals surface area contributed by atoms with Gasteiger partial charge >= 0.3 is 5.97 Å². The van der Waals surface area contributed by atoms with Crippen LogP contribution in [0.15, 0.2) is 24.3 Å². The zero-order valence-corrected chi connectivity index (χ0v) is 15.7. The molecule has 1 saturated heterocycles. The molecule has 0 bridgehead atoms. The molecular weight excluding hydrogens is 349 g/mol. The molecule has 0 spiro atoms. The second-order valence-corrected chi connectivity index (χ2v) is 7.18. The van der Waals surface area contributed by atoms with Crippen LogP contribution in [0.5, 0.6) is 5.75 Å². The van der Waals surface area contributed by atoms with Gasteiger partial charge in [-0.05, 0) is 55.4 Å². The van der Waals surface area contributed by atoms with E-state index in [1.54, 1.807) is 6.07 Å². The highest BCUT2D eigenvalue weighted by Crippen LogP contribution is 2.35. The van der Waals surface area contributed by atoms with Gasteiger partial charge in [0, 0.05) is 18.7 Å². The number of nitrogens with zero attached hydrogens (tertiary/aromatic N) is 1. The van der Waals surface area contributed by atoms with Gasteiger partial charge in [0.25, 0.3) is 5.91 Å². The second kappa shape index (κ2) is 9.02. The van der Waals surface area contributed by atoms with E-state index in [4.69, 9.17) is 9.47 Å². The Bertz CT molecular complexity index is 716. The molecule has 1 amide bonds. The maximum atomic E-state index is 13.6. The molecule has 2 atom stereocenters. The molecule has 0 aromatic heterocycles. The van der Waals surface area contributed by atoms with Crippen LogP contribution in [0.3, 0.4) is 0 Å². The van der Waals surface area contributed by atoms with E-state index in [1.165, 1.54) is 50.7 Å². The summed E-state index contributed by atoms with van der Waals surface area (Å²) in [5, 5.41) is 0. The summed E-state index contributed by atoms with van der Waals surface area (Å²) in [6, 6.07) is 4.69. The third-order valence-corrected chi connectivity index (χ3v) is 5.49. The minimum atomic E-state index is -0.614. The molecule has 2 aliphatic rings. The Morgan fingerprint density at radius 2 is 2.00 bits per heavy atom. The first kappa shape index (κ1) is 19.4. The number of hydrogen-bond donors (Lipinski definition) is 0. The average Bonchev–Trinajstić information content (AvgIpc) is 2.70. The number of rotatable bonds is 5. The van der Waals surface area contributed by atoms with Gasteiger partial charge < -0.3 is 14.4 Å². The second-order valence-electron chi connectivity index (χ2n) is 7.18. The van der Waals surface area contributed by atoms with Crippen LogP contribution < -0.4 is 4.74 Å². The number of piperidine rings is 1. The fraction of sp³-hybridized carbons (Fsp3) is 0.524. The van der Waals surface area contributed by atoms with E-state index in [2.05, 4.69) is 0 Å². The molecular formula is C21H26FNO4. The number of hydrogen-bond acceptors (Lipinski definition) is 4. The van der Waals surface area contributed by atoms with Gasteiger partial charge in [-0.15, -0.1) is 0 Å². The molecule has 0 unspecified atom stereocenters. The van der Waals surface area contributed by atoms with Crippen molar-refractivity contribution in [1.82, 2.24) is 4.90 Å². The summed E-state index contributed by atoms with van der Waals surface area (Å²) in [5.74, 6) is -0.504. The van der Waals surface area contributed by atoms with Crippen LogP contribution in [-0.2, 0) is 14.3 Å². The largest absolute Gasteiger partial charge is 0.494 e. The van der Waals surface area contributed by atoms with Crippen molar-refractivity contribution < 1.29 is 23.5 Å². The Morgan fingerprint density at radius 1 is 1.22 bits per heavy atom. The molecule has 1 aliphatic carbocycles. The first-order valence-corrected chi connectivity index (χ1v) is 9.56. The molecule has 1 heterocycles. The summed E-state index contributed by atoms with van der Waals surface area (Å²) in [6.45, 7) is 0.502. The Morgan fingerprint density at radius 3 is 2.78 bits per heavy atom. The van der Waals surface area contributed by atoms with E-state index in [1.807, 2.05) is 4.90 Å². The number of benzene rings is 1. The zero-order valence-electron chi connectivity index (χ0n) is 15.7. The lowest BCUT2D eigenvalue weighted by Crippen LogP contribution is -2.50. The summed E-state index contributed by atoms with van der Waals surface area (Å²) in [6.07, 6.45) is 9.50. The van der Waals surface area contributed by atoms with Crippen molar-refractivity contribution in [2.45, 2.75) is 44.6 Å². The molecule has 1 aromatic carbocycles. The molecule has 2 fully saturated rings. The quantitative estimate of drug-likeness (QED) is 0.583. The molecule has 0 N–H and O–H groups in total. The molecule has 146 valence electrons. The van der Waals surface area contributed by atoms with Crippen LogP contribution in [0.4, 0.5) is 4.39 Å². The van der Waals surface area contributed by atoms with Crippen molar-refractivity contribution in [2.75, 3.05) is 20.3 Å². The number of esters is 1. The Hall–Kier alpha value is -2.37. The number of methoxy groups -OCH3 is 1. The predicted molar refractivity (Wildman–Crippen MR) is 99.6 cm³/mol. The van der Waals surface area contributed by atoms with Crippen LogP contribution in [0.25, 0.3) is 6.08 Å². The molecule has 1 saturated carbocycles. The zero-order chi connectivity index (χ0) is 19.2. The summed E-state index contributed by atoms with van der Waals surface area (Å²) >= 11 is 0. The summed E-state index contributed by atoms with van der Waals surface area (Å²) < 4.78 is 23.6. The molecule has 27 heavy (non-hydrogen) atoms. The molecule has 0 radical (unpaired) electrons. The number of fused-ring (bicyclic) bond motifs is 1. The standard InChI is InChI=1S/C21H26FNO4/c1-26-19-10-8-15(13-17(19)22)9-11-21(25)27-14-20(24)23-12-4-6-16-5-2-3-7-18(16)23/h8-11,13,16,18H,2-7,12,14H2,1H3/b11-9+/t16-,18+/m0/s1. The third kappa shape index (κ3) is 4.87. The summed E-state index contributed by atoms with van der Waals surface area (Å²) in [7, 11) is 1.39. The number of amides is 1. The summed E-state index contributed by atoms with van der Waals surface area (Å²) in [5.41, 5.74) is 0.512. The molecule has 1 aliphatic heterocycles. The molecule has 5 nitrogen and oxygen atoms in total. The van der Waals surface area contributed by atoms with Crippen molar-refractivity contribution in [2.24, 2.45) is 5.92 Å². The van der Waals surface area contributed by atoms with Crippen molar-refractivity contribution in [3.63, 3.8) is 0 Å². The first-order chi connectivity index (χ1) is 13.1. The fourth-order valence-electron chi connectivity index (χ4n) is 4.15. The van der Waals surface area contributed by atoms with Crippen molar-refractivity contribution in [3.8, 4) is 5.75 Å². The maximum Gasteiger partial charge on any atom is 0.331 e. The van der Waals surface area contributed by atoms with Gasteiger partial charge in [-0.2, -0.15) is 0 Å². The highest BCUT2D eigenvalue weighted by atomic mass is 19.1. The highest BCUT2D eigenvalue weighted by Gasteiger charge is 2.35. The van der Waals surface area contributed by atoms with Gasteiger partial charge in [0.15, 0.2) is 18.2 Å². The van der Waals surface area contributed by atoms with Gasteiger partial charge in [0.2, 0.25) is 0 Å². The van der Waals surface area contributed by atoms with Crippen molar-refractivity contribution in [1.29, 1.82) is 0 Å². The third-order valence-electron chi connectivity index (χ3n) is 5.49. The van der Waals surface area contributed by atoms with Gasteiger partial charge in [-0.1, -0.05) is 18.9 Å². The SMILES string of the molecule is COc1ccc(/C=C/C(=O)OCC(=O)N2CCC[C@@H]3CCCC[C@H]32)cc1F. The Labute approximate surface area is 159 Å². The molecule has 1 aromatic rings. The van der Waals surface area contributed by atoms with Crippen LogP contribution in [0.2, 0.25) is 0 Å². The van der Waals surface area contributed by atoms with Crippen molar-refractivity contribution >= 4 is 18.0 Å². The van der Waals surface area contributed by atoms with E-state index < -0.39 is 11.8 Å². The van der Waals surface area contributed by atoms with Crippen LogP contribution >= 0.6 is 0 Å². The minimum Gasteiger partial charge on any atom is -0.494 e. The fourth-order valence-corrected chi connectivity index (χ4v) is 4.15. The molecule has 6 heteroatoms. The minimum absolute atomic E-state index is 0.121. The maximum absolute atomic E-state index is 13.6. The number of likely N-dealkylation sites (tertiary alicyclic amines) is 1. The number of ether oxygens (including phenoxy) is 2. The van der Waals surface area contributed by atoms with E-state index in [0.29, 0.717) is 17.5 Å². The lowest BCUT2D eigenvalue weighted by molar-refractivity contribution is -0.151. The summed E-state index contributed by atoms with van der Waals surface area (Å²) in [4.78, 5) is 26.3. The van der Waals surface area contributed by atoms with Crippen LogP contribution in [-0.4, -0.2) is 43.1 Å². The van der Waals surface area contributed by atoms with E-state index >= 15 is 0 Å². The Kier molecular flexibility index (Phi) is 6.48. The Balaban J connectivity index is 1.51. The molecule has 3 rings (SSSR count). The monoisotopic (exact) mass is 375 g/mol. The van der Waals surface area contributed by atoms with Gasteiger partial charge in [-0.25, -0.2) is 9.18 Å². The van der Waals surface area contributed by atoms with Gasteiger partial charge in [0.05, 0.1) is 7.11 Å². The topological polar surface area (TPSA) is 55.8 Å². The van der Waals surface area contributed by atoms with E-state index in [9.17, 15) is 14.0 Å². The predicted octanol–water partition coefficient (Wildman–Crippen LogP) is 3.57. The normalized spacial score (nSPS) is 22.4. The van der Waals surface area contributed by atoms with Crippen LogP contribution in [0, 0.1) is 11.7 Å². The number of carbonyl (C=O) groups excluding carboxylic acids is 2.